The molecule has 0 atom stereocenters. The summed E-state index contributed by atoms with van der Waals surface area (Å²) in [7, 11) is -4.00. The molecule has 0 aliphatic rings. The van der Waals surface area contributed by atoms with Crippen molar-refractivity contribution in [2.75, 3.05) is 0 Å². The third-order valence-electron chi connectivity index (χ3n) is 3.30. The molecule has 0 unspecified atom stereocenters. The Balaban J connectivity index is 0.00000338. The number of hydrogen-bond acceptors (Lipinski definition) is 7. The number of nitrogens with one attached hydrogen (secondary N) is 2. The standard InChI is InChI=1S/C15H15N3O6S.Ac/c1-9(19)10-2-3-11(16-7-10)8-17-25(23,24)12-4-5-14(20)13(6-12)15(21)18-22;/h2-7,17,20,22H,8H2,1H3,(H,18,21);. The molecule has 1 aromatic heterocycles. The van der Waals surface area contributed by atoms with Gasteiger partial charge in [-0.25, -0.2) is 18.6 Å². The molecule has 0 aliphatic carbocycles. The average Bonchev–Trinajstić information content (AvgIpc) is 2.60. The Morgan fingerprint density at radius 1 is 1.19 bits per heavy atom. The predicted octanol–water partition coefficient (Wildman–Crippen LogP) is 0.587. The zero-order chi connectivity index (χ0) is 18.6. The summed E-state index contributed by atoms with van der Waals surface area (Å²) < 4.78 is 26.9. The van der Waals surface area contributed by atoms with Crippen molar-refractivity contribution in [2.45, 2.75) is 18.4 Å². The van der Waals surface area contributed by atoms with Crippen LogP contribution < -0.4 is 10.2 Å². The number of sulfonamides is 1. The first-order valence-corrected chi connectivity index (χ1v) is 8.46. The minimum Gasteiger partial charge on any atom is -0.507 e. The minimum atomic E-state index is -4.00. The fourth-order valence-corrected chi connectivity index (χ4v) is 2.94. The topological polar surface area (TPSA) is 146 Å². The molecule has 0 spiro atoms. The van der Waals surface area contributed by atoms with Crippen molar-refractivity contribution < 1.29 is 72.4 Å². The second-order valence-corrected chi connectivity index (χ2v) is 6.81. The van der Waals surface area contributed by atoms with E-state index < -0.39 is 27.2 Å². The maximum absolute atomic E-state index is 12.3. The monoisotopic (exact) mass is 592 g/mol. The van der Waals surface area contributed by atoms with Crippen LogP contribution in [0.15, 0.2) is 41.4 Å². The van der Waals surface area contributed by atoms with E-state index >= 15 is 0 Å². The van der Waals surface area contributed by atoms with Crippen LogP contribution in [0.4, 0.5) is 0 Å². The van der Waals surface area contributed by atoms with Crippen molar-refractivity contribution in [2.24, 2.45) is 0 Å². The van der Waals surface area contributed by atoms with E-state index in [0.717, 1.165) is 18.2 Å². The first-order chi connectivity index (χ1) is 11.7. The number of nitrogens with zero attached hydrogens (tertiary/aromatic N) is 1. The average molecular weight is 592 g/mol. The van der Waals surface area contributed by atoms with E-state index in [1.165, 1.54) is 30.7 Å². The van der Waals surface area contributed by atoms with Crippen molar-refractivity contribution in [3.05, 3.63) is 53.3 Å². The number of Topliss-reactive ketones (excluding diaryl/α,β-unsaturated/α-hetero) is 1. The summed E-state index contributed by atoms with van der Waals surface area (Å²) in [6.45, 7) is 1.26. The molecule has 0 aliphatic heterocycles. The summed E-state index contributed by atoms with van der Waals surface area (Å²) in [5.41, 5.74) is 1.72. The molecule has 1 radical (unpaired) electrons. The summed E-state index contributed by atoms with van der Waals surface area (Å²) in [6, 6.07) is 6.11. The molecule has 0 fully saturated rings. The van der Waals surface area contributed by atoms with Crippen LogP contribution in [0, 0.1) is 44.1 Å². The van der Waals surface area contributed by atoms with Crippen LogP contribution in [0.2, 0.25) is 0 Å². The molecule has 0 bridgehead atoms. The molecule has 4 N–H and O–H groups in total. The summed E-state index contributed by atoms with van der Waals surface area (Å²) in [6.07, 6.45) is 1.34. The summed E-state index contributed by atoms with van der Waals surface area (Å²) in [5, 5.41) is 18.2. The van der Waals surface area contributed by atoms with Crippen molar-refractivity contribution >= 4 is 21.7 Å². The summed E-state index contributed by atoms with van der Waals surface area (Å²) in [5.74, 6) is -1.68. The van der Waals surface area contributed by atoms with Gasteiger partial charge in [0, 0.05) is 55.8 Å². The second kappa shape index (κ2) is 9.53. The fourth-order valence-electron chi connectivity index (χ4n) is 1.91. The van der Waals surface area contributed by atoms with Crippen molar-refractivity contribution in [3.8, 4) is 5.75 Å². The smallest absolute Gasteiger partial charge is 0.278 e. The molecule has 0 saturated heterocycles. The molecular weight excluding hydrogens is 577 g/mol. The number of amides is 1. The second-order valence-electron chi connectivity index (χ2n) is 5.04. The van der Waals surface area contributed by atoms with Crippen molar-refractivity contribution in [1.29, 1.82) is 0 Å². The Hall–Kier alpha value is -1.38. The van der Waals surface area contributed by atoms with Gasteiger partial charge in [0.2, 0.25) is 10.0 Å². The van der Waals surface area contributed by atoms with Crippen LogP contribution >= 0.6 is 0 Å². The number of pyridine rings is 1. The number of phenols is 1. The molecule has 1 heterocycles. The maximum atomic E-state index is 12.3. The third kappa shape index (κ3) is 5.56. The molecular formula is C15H15AcN3O6S. The zero-order valence-electron chi connectivity index (χ0n) is 13.6. The molecule has 135 valence electrons. The van der Waals surface area contributed by atoms with E-state index in [9.17, 15) is 23.1 Å². The number of hydrogen-bond donors (Lipinski definition) is 4. The third-order valence-corrected chi connectivity index (χ3v) is 4.70. The zero-order valence-corrected chi connectivity index (χ0v) is 19.2. The van der Waals surface area contributed by atoms with Gasteiger partial charge in [-0.05, 0) is 37.3 Å². The van der Waals surface area contributed by atoms with Gasteiger partial charge in [-0.3, -0.25) is 19.8 Å². The molecule has 0 saturated carbocycles. The molecule has 1 aromatic carbocycles. The molecule has 2 aromatic rings. The summed E-state index contributed by atoms with van der Waals surface area (Å²) in [4.78, 5) is 26.3. The van der Waals surface area contributed by atoms with E-state index in [1.807, 2.05) is 0 Å². The normalized spacial score (nSPS) is 10.7. The van der Waals surface area contributed by atoms with E-state index in [2.05, 4.69) is 9.71 Å². The van der Waals surface area contributed by atoms with Gasteiger partial charge in [0.25, 0.3) is 5.91 Å². The van der Waals surface area contributed by atoms with Gasteiger partial charge in [0.05, 0.1) is 22.7 Å². The van der Waals surface area contributed by atoms with Gasteiger partial charge in [0.15, 0.2) is 5.78 Å². The van der Waals surface area contributed by atoms with Crippen LogP contribution in [0.1, 0.15) is 33.3 Å². The Morgan fingerprint density at radius 3 is 2.42 bits per heavy atom. The van der Waals surface area contributed by atoms with Gasteiger partial charge in [-0.15, -0.1) is 0 Å². The van der Waals surface area contributed by atoms with Crippen molar-refractivity contribution in [1.82, 2.24) is 15.2 Å². The van der Waals surface area contributed by atoms with Crippen molar-refractivity contribution in [3.63, 3.8) is 0 Å². The Morgan fingerprint density at radius 2 is 1.88 bits per heavy atom. The first-order valence-electron chi connectivity index (χ1n) is 6.97. The fraction of sp³-hybridized carbons (Fsp3) is 0.133. The Kier molecular flexibility index (Phi) is 8.30. The minimum absolute atomic E-state index is 0. The van der Waals surface area contributed by atoms with Gasteiger partial charge in [-0.2, -0.15) is 0 Å². The number of hydroxylamine groups is 1. The molecule has 9 nitrogen and oxygen atoms in total. The van der Waals surface area contributed by atoms with Crippen LogP contribution in [0.3, 0.4) is 0 Å². The molecule has 26 heavy (non-hydrogen) atoms. The number of aromatic hydroxyl groups is 1. The number of carbonyl (C=O) groups is 2. The Bertz CT molecular complexity index is 915. The van der Waals surface area contributed by atoms with Gasteiger partial charge < -0.3 is 5.11 Å². The van der Waals surface area contributed by atoms with Gasteiger partial charge >= 0.3 is 0 Å². The largest absolute Gasteiger partial charge is 0.507 e. The van der Waals surface area contributed by atoms with Gasteiger partial charge in [0.1, 0.15) is 5.75 Å². The van der Waals surface area contributed by atoms with E-state index in [4.69, 9.17) is 5.21 Å². The molecule has 2 rings (SSSR count). The number of phenolic OH excluding ortho intramolecular Hbond substituents is 1. The summed E-state index contributed by atoms with van der Waals surface area (Å²) >= 11 is 0. The number of rotatable bonds is 6. The number of ketones is 1. The van der Waals surface area contributed by atoms with Crippen LogP contribution in [-0.4, -0.2) is 35.4 Å². The maximum Gasteiger partial charge on any atom is 0.278 e. The number of aromatic nitrogens is 1. The number of carbonyl (C=O) groups excluding carboxylic acids is 2. The van der Waals surface area contributed by atoms with E-state index in [1.54, 1.807) is 0 Å². The van der Waals surface area contributed by atoms with E-state index in [0.29, 0.717) is 11.3 Å². The SMILES string of the molecule is CC(=O)c1ccc(CNS(=O)(=O)c2ccc(O)c(C(=O)NO)c2)nc1.[Ac]. The Labute approximate surface area is 185 Å². The quantitative estimate of drug-likeness (QED) is 0.218. The van der Waals surface area contributed by atoms with Crippen LogP contribution in [0.5, 0.6) is 5.75 Å². The molecule has 11 heteroatoms. The van der Waals surface area contributed by atoms with Crippen LogP contribution in [0.25, 0.3) is 0 Å². The van der Waals surface area contributed by atoms with Crippen LogP contribution in [-0.2, 0) is 16.6 Å². The van der Waals surface area contributed by atoms with Gasteiger partial charge in [-0.1, -0.05) is 0 Å². The number of benzene rings is 1. The van der Waals surface area contributed by atoms with E-state index in [-0.39, 0.29) is 61.3 Å². The first kappa shape index (κ1) is 22.7. The predicted molar refractivity (Wildman–Crippen MR) is 85.6 cm³/mol. The molecule has 1 amide bonds.